The summed E-state index contributed by atoms with van der Waals surface area (Å²) in [7, 11) is 0. The standard InChI is InChI=1S/C18H16N2O2/c19-13-16(12-15-6-8-17(21)9-7-15)18(22)20-11-10-14-4-2-1-3-5-14/h1-9,12,21H,10-11H2,(H,20,22). The Morgan fingerprint density at radius 2 is 1.82 bits per heavy atom. The highest BCUT2D eigenvalue weighted by atomic mass is 16.3. The Hall–Kier alpha value is -3.06. The first-order chi connectivity index (χ1) is 10.7. The molecule has 1 amide bonds. The number of nitrogens with one attached hydrogen (secondary N) is 1. The quantitative estimate of drug-likeness (QED) is 0.657. The number of amides is 1. The fourth-order valence-corrected chi connectivity index (χ4v) is 1.95. The van der Waals surface area contributed by atoms with Crippen LogP contribution in [0, 0.1) is 11.3 Å². The topological polar surface area (TPSA) is 73.1 Å². The third-order valence-corrected chi connectivity index (χ3v) is 3.11. The Balaban J connectivity index is 1.94. The lowest BCUT2D eigenvalue weighted by atomic mass is 10.1. The molecular formula is C18H16N2O2. The Morgan fingerprint density at radius 1 is 1.14 bits per heavy atom. The van der Waals surface area contributed by atoms with Crippen molar-refractivity contribution in [3.8, 4) is 11.8 Å². The zero-order chi connectivity index (χ0) is 15.8. The van der Waals surface area contributed by atoms with Crippen molar-refractivity contribution in [3.05, 3.63) is 71.3 Å². The molecule has 0 aliphatic heterocycles. The van der Waals surface area contributed by atoms with Crippen molar-refractivity contribution < 1.29 is 9.90 Å². The maximum atomic E-state index is 12.0. The van der Waals surface area contributed by atoms with Crippen LogP contribution in [0.25, 0.3) is 6.08 Å². The summed E-state index contributed by atoms with van der Waals surface area (Å²) in [5.74, 6) is -0.255. The third-order valence-electron chi connectivity index (χ3n) is 3.11. The smallest absolute Gasteiger partial charge is 0.261 e. The Morgan fingerprint density at radius 3 is 2.45 bits per heavy atom. The van der Waals surface area contributed by atoms with E-state index in [0.717, 1.165) is 5.56 Å². The number of phenolic OH excluding ortho intramolecular Hbond substituents is 1. The number of carbonyl (C=O) groups excluding carboxylic acids is 1. The number of benzene rings is 2. The number of hydrogen-bond donors (Lipinski definition) is 2. The first kappa shape index (κ1) is 15.3. The molecule has 0 atom stereocenters. The lowest BCUT2D eigenvalue weighted by Gasteiger charge is -2.04. The van der Waals surface area contributed by atoms with Gasteiger partial charge >= 0.3 is 0 Å². The van der Waals surface area contributed by atoms with E-state index in [9.17, 15) is 9.90 Å². The maximum Gasteiger partial charge on any atom is 0.261 e. The summed E-state index contributed by atoms with van der Waals surface area (Å²) in [6.07, 6.45) is 2.21. The number of nitriles is 1. The molecule has 2 rings (SSSR count). The van der Waals surface area contributed by atoms with Crippen molar-refractivity contribution in [1.82, 2.24) is 5.32 Å². The van der Waals surface area contributed by atoms with E-state index in [1.54, 1.807) is 12.1 Å². The van der Waals surface area contributed by atoms with Gasteiger partial charge in [-0.1, -0.05) is 42.5 Å². The molecule has 0 aromatic heterocycles. The van der Waals surface area contributed by atoms with Crippen molar-refractivity contribution >= 4 is 12.0 Å². The van der Waals surface area contributed by atoms with Gasteiger partial charge in [0.1, 0.15) is 17.4 Å². The van der Waals surface area contributed by atoms with Crippen LogP contribution in [-0.4, -0.2) is 17.6 Å². The van der Waals surface area contributed by atoms with Crippen LogP contribution < -0.4 is 5.32 Å². The molecule has 4 heteroatoms. The molecule has 2 N–H and O–H groups in total. The van der Waals surface area contributed by atoms with Crippen LogP contribution in [0.4, 0.5) is 0 Å². The molecule has 0 fully saturated rings. The van der Waals surface area contributed by atoms with E-state index >= 15 is 0 Å². The van der Waals surface area contributed by atoms with Gasteiger partial charge in [0.25, 0.3) is 5.91 Å². The fraction of sp³-hybridized carbons (Fsp3) is 0.111. The van der Waals surface area contributed by atoms with E-state index in [2.05, 4.69) is 5.32 Å². The predicted molar refractivity (Wildman–Crippen MR) is 84.9 cm³/mol. The molecule has 0 heterocycles. The summed E-state index contributed by atoms with van der Waals surface area (Å²) >= 11 is 0. The molecule has 0 saturated heterocycles. The van der Waals surface area contributed by atoms with E-state index in [1.807, 2.05) is 36.4 Å². The molecule has 0 aliphatic carbocycles. The number of phenols is 1. The summed E-state index contributed by atoms with van der Waals surface area (Å²) in [6.45, 7) is 0.470. The van der Waals surface area contributed by atoms with Gasteiger partial charge < -0.3 is 10.4 Å². The molecule has 0 spiro atoms. The summed E-state index contributed by atoms with van der Waals surface area (Å²) in [5, 5.41) is 21.1. The van der Waals surface area contributed by atoms with E-state index in [-0.39, 0.29) is 11.3 Å². The van der Waals surface area contributed by atoms with Gasteiger partial charge in [-0.3, -0.25) is 4.79 Å². The van der Waals surface area contributed by atoms with Crippen LogP contribution in [0.5, 0.6) is 5.75 Å². The van der Waals surface area contributed by atoms with Gasteiger partial charge in [-0.2, -0.15) is 5.26 Å². The third kappa shape index (κ3) is 4.50. The minimum Gasteiger partial charge on any atom is -0.508 e. The zero-order valence-corrected chi connectivity index (χ0v) is 12.0. The van der Waals surface area contributed by atoms with Crippen LogP contribution in [0.3, 0.4) is 0 Å². The first-order valence-electron chi connectivity index (χ1n) is 6.92. The van der Waals surface area contributed by atoms with Crippen molar-refractivity contribution in [2.24, 2.45) is 0 Å². The Labute approximate surface area is 129 Å². The molecule has 2 aromatic carbocycles. The largest absolute Gasteiger partial charge is 0.508 e. The predicted octanol–water partition coefficient (Wildman–Crippen LogP) is 2.66. The molecule has 4 nitrogen and oxygen atoms in total. The lowest BCUT2D eigenvalue weighted by molar-refractivity contribution is -0.117. The average Bonchev–Trinajstić information content (AvgIpc) is 2.55. The van der Waals surface area contributed by atoms with E-state index < -0.39 is 5.91 Å². The second-order valence-corrected chi connectivity index (χ2v) is 4.75. The van der Waals surface area contributed by atoms with Crippen molar-refractivity contribution in [3.63, 3.8) is 0 Å². The van der Waals surface area contributed by atoms with Gasteiger partial charge in [-0.15, -0.1) is 0 Å². The number of rotatable bonds is 5. The number of hydrogen-bond acceptors (Lipinski definition) is 3. The second kappa shape index (κ2) is 7.65. The normalized spacial score (nSPS) is 10.8. The van der Waals surface area contributed by atoms with Crippen LogP contribution in [0.1, 0.15) is 11.1 Å². The van der Waals surface area contributed by atoms with Crippen LogP contribution in [0.2, 0.25) is 0 Å². The zero-order valence-electron chi connectivity index (χ0n) is 12.0. The van der Waals surface area contributed by atoms with Crippen LogP contribution in [-0.2, 0) is 11.2 Å². The van der Waals surface area contributed by atoms with Crippen LogP contribution in [0.15, 0.2) is 60.2 Å². The summed E-state index contributed by atoms with van der Waals surface area (Å²) < 4.78 is 0. The molecule has 110 valence electrons. The van der Waals surface area contributed by atoms with Crippen molar-refractivity contribution in [1.29, 1.82) is 5.26 Å². The Bertz CT molecular complexity index is 698. The lowest BCUT2D eigenvalue weighted by Crippen LogP contribution is -2.26. The van der Waals surface area contributed by atoms with E-state index in [0.29, 0.717) is 18.5 Å². The molecule has 0 saturated carbocycles. The van der Waals surface area contributed by atoms with E-state index in [1.165, 1.54) is 18.2 Å². The number of aromatic hydroxyl groups is 1. The Kier molecular flexibility index (Phi) is 5.33. The van der Waals surface area contributed by atoms with Crippen molar-refractivity contribution in [2.75, 3.05) is 6.54 Å². The minimum atomic E-state index is -0.397. The molecule has 0 unspecified atom stereocenters. The van der Waals surface area contributed by atoms with Gasteiger partial charge in [0.15, 0.2) is 0 Å². The fourth-order valence-electron chi connectivity index (χ4n) is 1.95. The average molecular weight is 292 g/mol. The molecule has 22 heavy (non-hydrogen) atoms. The minimum absolute atomic E-state index is 0.0405. The van der Waals surface area contributed by atoms with Gasteiger partial charge in [-0.25, -0.2) is 0 Å². The monoisotopic (exact) mass is 292 g/mol. The SMILES string of the molecule is N#CC(=Cc1ccc(O)cc1)C(=O)NCCc1ccccc1. The molecule has 0 bridgehead atoms. The highest BCUT2D eigenvalue weighted by Gasteiger charge is 2.08. The highest BCUT2D eigenvalue weighted by molar-refractivity contribution is 6.01. The van der Waals surface area contributed by atoms with Crippen LogP contribution >= 0.6 is 0 Å². The van der Waals surface area contributed by atoms with Crippen molar-refractivity contribution in [2.45, 2.75) is 6.42 Å². The number of carbonyl (C=O) groups is 1. The molecule has 0 radical (unpaired) electrons. The second-order valence-electron chi connectivity index (χ2n) is 4.75. The summed E-state index contributed by atoms with van der Waals surface area (Å²) in [6, 6.07) is 18.0. The summed E-state index contributed by atoms with van der Waals surface area (Å²) in [5.41, 5.74) is 1.86. The maximum absolute atomic E-state index is 12.0. The summed E-state index contributed by atoms with van der Waals surface area (Å²) in [4.78, 5) is 12.0. The van der Waals surface area contributed by atoms with Gasteiger partial charge in [0, 0.05) is 6.54 Å². The molecule has 2 aromatic rings. The molecular weight excluding hydrogens is 276 g/mol. The first-order valence-corrected chi connectivity index (χ1v) is 6.92. The molecule has 0 aliphatic rings. The van der Waals surface area contributed by atoms with Gasteiger partial charge in [-0.05, 0) is 35.8 Å². The highest BCUT2D eigenvalue weighted by Crippen LogP contribution is 2.12. The van der Waals surface area contributed by atoms with Gasteiger partial charge in [0.2, 0.25) is 0 Å². The van der Waals surface area contributed by atoms with E-state index in [4.69, 9.17) is 5.26 Å². The number of nitrogens with zero attached hydrogens (tertiary/aromatic N) is 1. The van der Waals surface area contributed by atoms with Gasteiger partial charge in [0.05, 0.1) is 0 Å².